The van der Waals surface area contributed by atoms with Gasteiger partial charge in [0.05, 0.1) is 12.0 Å². The highest BCUT2D eigenvalue weighted by atomic mass is 16.2. The van der Waals surface area contributed by atoms with Crippen LogP contribution in [0.5, 0.6) is 0 Å². The maximum absolute atomic E-state index is 12.5. The first kappa shape index (κ1) is 17.6. The SMILES string of the molecule is CCC(CC)C(=O)N[C@@H]1CN(C)C[C@H]1c1nc(-c2ccccc2)n[nH]1. The minimum atomic E-state index is 0.0645. The zero-order valence-electron chi connectivity index (χ0n) is 15.2. The zero-order valence-corrected chi connectivity index (χ0v) is 15.2. The molecular formula is C19H27N5O. The molecule has 0 aliphatic carbocycles. The van der Waals surface area contributed by atoms with E-state index in [0.29, 0.717) is 5.82 Å². The normalized spacial score (nSPS) is 21.0. The van der Waals surface area contributed by atoms with Crippen LogP contribution in [0.2, 0.25) is 0 Å². The van der Waals surface area contributed by atoms with Gasteiger partial charge in [0.25, 0.3) is 0 Å². The molecule has 6 heteroatoms. The van der Waals surface area contributed by atoms with E-state index in [1.54, 1.807) is 0 Å². The third-order valence-corrected chi connectivity index (χ3v) is 5.07. The Kier molecular flexibility index (Phi) is 5.48. The van der Waals surface area contributed by atoms with Gasteiger partial charge in [0, 0.05) is 24.6 Å². The number of likely N-dealkylation sites (N-methyl/N-ethyl adjacent to an activating group) is 1. The van der Waals surface area contributed by atoms with Crippen LogP contribution in [-0.4, -0.2) is 52.2 Å². The number of carbonyl (C=O) groups excluding carboxylic acids is 1. The molecular weight excluding hydrogens is 314 g/mol. The minimum Gasteiger partial charge on any atom is -0.351 e. The van der Waals surface area contributed by atoms with Crippen molar-refractivity contribution >= 4 is 5.91 Å². The summed E-state index contributed by atoms with van der Waals surface area (Å²) >= 11 is 0. The molecule has 134 valence electrons. The molecule has 0 bridgehead atoms. The molecule has 2 N–H and O–H groups in total. The van der Waals surface area contributed by atoms with Crippen molar-refractivity contribution in [2.45, 2.75) is 38.6 Å². The van der Waals surface area contributed by atoms with E-state index in [0.717, 1.165) is 37.3 Å². The number of likely N-dealkylation sites (tertiary alicyclic amines) is 1. The van der Waals surface area contributed by atoms with Crippen LogP contribution in [0.15, 0.2) is 30.3 Å². The summed E-state index contributed by atoms with van der Waals surface area (Å²) in [7, 11) is 2.07. The third kappa shape index (κ3) is 3.90. The van der Waals surface area contributed by atoms with Gasteiger partial charge in [-0.3, -0.25) is 9.89 Å². The number of H-pyrrole nitrogens is 1. The lowest BCUT2D eigenvalue weighted by atomic mass is 9.99. The van der Waals surface area contributed by atoms with E-state index in [9.17, 15) is 4.79 Å². The van der Waals surface area contributed by atoms with Gasteiger partial charge in [-0.2, -0.15) is 5.10 Å². The summed E-state index contributed by atoms with van der Waals surface area (Å²) in [4.78, 5) is 19.4. The van der Waals surface area contributed by atoms with Crippen molar-refractivity contribution < 1.29 is 4.79 Å². The molecule has 1 aliphatic rings. The molecule has 0 unspecified atom stereocenters. The predicted octanol–water partition coefficient (Wildman–Crippen LogP) is 2.42. The van der Waals surface area contributed by atoms with Gasteiger partial charge < -0.3 is 10.2 Å². The highest BCUT2D eigenvalue weighted by molar-refractivity contribution is 5.79. The van der Waals surface area contributed by atoms with Crippen LogP contribution in [0.3, 0.4) is 0 Å². The smallest absolute Gasteiger partial charge is 0.223 e. The number of nitrogens with one attached hydrogen (secondary N) is 2. The molecule has 1 fully saturated rings. The molecule has 2 atom stereocenters. The van der Waals surface area contributed by atoms with E-state index >= 15 is 0 Å². The van der Waals surface area contributed by atoms with Crippen molar-refractivity contribution in [1.82, 2.24) is 25.4 Å². The number of rotatable bonds is 6. The zero-order chi connectivity index (χ0) is 17.8. The fraction of sp³-hybridized carbons (Fsp3) is 0.526. The summed E-state index contributed by atoms with van der Waals surface area (Å²) in [6.45, 7) is 5.82. The summed E-state index contributed by atoms with van der Waals surface area (Å²) in [5.74, 6) is 1.92. The maximum Gasteiger partial charge on any atom is 0.223 e. The van der Waals surface area contributed by atoms with Gasteiger partial charge in [-0.25, -0.2) is 4.98 Å². The Labute approximate surface area is 149 Å². The van der Waals surface area contributed by atoms with E-state index in [1.165, 1.54) is 0 Å². The minimum absolute atomic E-state index is 0.0645. The highest BCUT2D eigenvalue weighted by Crippen LogP contribution is 2.26. The molecule has 6 nitrogen and oxygen atoms in total. The molecule has 25 heavy (non-hydrogen) atoms. The molecule has 0 spiro atoms. The Bertz CT molecular complexity index is 695. The van der Waals surface area contributed by atoms with Crippen molar-refractivity contribution in [2.75, 3.05) is 20.1 Å². The summed E-state index contributed by atoms with van der Waals surface area (Å²) in [5, 5.41) is 10.7. The first-order chi connectivity index (χ1) is 12.1. The van der Waals surface area contributed by atoms with E-state index < -0.39 is 0 Å². The number of hydrogen-bond donors (Lipinski definition) is 2. The molecule has 0 radical (unpaired) electrons. The van der Waals surface area contributed by atoms with Crippen molar-refractivity contribution in [1.29, 1.82) is 0 Å². The average molecular weight is 341 g/mol. The first-order valence-electron chi connectivity index (χ1n) is 9.09. The van der Waals surface area contributed by atoms with Gasteiger partial charge in [0.2, 0.25) is 5.91 Å². The van der Waals surface area contributed by atoms with Crippen LogP contribution in [0.25, 0.3) is 11.4 Å². The third-order valence-electron chi connectivity index (χ3n) is 5.07. The fourth-order valence-electron chi connectivity index (χ4n) is 3.54. The van der Waals surface area contributed by atoms with E-state index in [4.69, 9.17) is 4.98 Å². The summed E-state index contributed by atoms with van der Waals surface area (Å²) < 4.78 is 0. The van der Waals surface area contributed by atoms with Crippen LogP contribution in [-0.2, 0) is 4.79 Å². The number of aromatic amines is 1. The molecule has 1 saturated heterocycles. The van der Waals surface area contributed by atoms with Crippen LogP contribution in [0.4, 0.5) is 0 Å². The molecule has 1 aliphatic heterocycles. The number of amides is 1. The monoisotopic (exact) mass is 341 g/mol. The topological polar surface area (TPSA) is 73.9 Å². The lowest BCUT2D eigenvalue weighted by Crippen LogP contribution is -2.42. The lowest BCUT2D eigenvalue weighted by Gasteiger charge is -2.21. The quantitative estimate of drug-likeness (QED) is 0.846. The Morgan fingerprint density at radius 1 is 1.28 bits per heavy atom. The molecule has 1 aromatic carbocycles. The second-order valence-electron chi connectivity index (χ2n) is 6.87. The predicted molar refractivity (Wildman–Crippen MR) is 98.1 cm³/mol. The van der Waals surface area contributed by atoms with Crippen LogP contribution >= 0.6 is 0 Å². The lowest BCUT2D eigenvalue weighted by molar-refractivity contribution is -0.125. The molecule has 2 heterocycles. The highest BCUT2D eigenvalue weighted by Gasteiger charge is 2.36. The van der Waals surface area contributed by atoms with Crippen LogP contribution in [0.1, 0.15) is 38.4 Å². The standard InChI is InChI=1S/C19H27N5O/c1-4-13(5-2)19(25)20-16-12-24(3)11-15(16)18-21-17(22-23-18)14-9-7-6-8-10-14/h6-10,13,15-16H,4-5,11-12H2,1-3H3,(H,20,25)(H,21,22,23)/t15-,16-/m1/s1. The Hall–Kier alpha value is -2.21. The van der Waals surface area contributed by atoms with Crippen molar-refractivity contribution in [2.24, 2.45) is 5.92 Å². The fourth-order valence-corrected chi connectivity index (χ4v) is 3.54. The van der Waals surface area contributed by atoms with E-state index in [-0.39, 0.29) is 23.8 Å². The summed E-state index contributed by atoms with van der Waals surface area (Å²) in [6.07, 6.45) is 1.74. The molecule has 1 aromatic heterocycles. The molecule has 3 rings (SSSR count). The second kappa shape index (κ2) is 7.78. The molecule has 1 amide bonds. The second-order valence-corrected chi connectivity index (χ2v) is 6.87. The number of benzene rings is 1. The van der Waals surface area contributed by atoms with Gasteiger partial charge in [-0.15, -0.1) is 0 Å². The Morgan fingerprint density at radius 3 is 2.68 bits per heavy atom. The number of nitrogens with zero attached hydrogens (tertiary/aromatic N) is 3. The van der Waals surface area contributed by atoms with E-state index in [2.05, 4.69) is 41.3 Å². The average Bonchev–Trinajstić information content (AvgIpc) is 3.23. The molecule has 0 saturated carbocycles. The number of aromatic nitrogens is 3. The Balaban J connectivity index is 1.76. The van der Waals surface area contributed by atoms with Crippen molar-refractivity contribution in [3.05, 3.63) is 36.2 Å². The van der Waals surface area contributed by atoms with Crippen molar-refractivity contribution in [3.63, 3.8) is 0 Å². The van der Waals surface area contributed by atoms with Gasteiger partial charge in [-0.05, 0) is 19.9 Å². The Morgan fingerprint density at radius 2 is 2.00 bits per heavy atom. The van der Waals surface area contributed by atoms with E-state index in [1.807, 2.05) is 30.3 Å². The number of carbonyl (C=O) groups is 1. The molecule has 2 aromatic rings. The van der Waals surface area contributed by atoms with Gasteiger partial charge >= 0.3 is 0 Å². The van der Waals surface area contributed by atoms with Crippen molar-refractivity contribution in [3.8, 4) is 11.4 Å². The maximum atomic E-state index is 12.5. The van der Waals surface area contributed by atoms with Crippen LogP contribution < -0.4 is 5.32 Å². The van der Waals surface area contributed by atoms with Crippen LogP contribution in [0, 0.1) is 5.92 Å². The summed E-state index contributed by atoms with van der Waals surface area (Å²) in [5.41, 5.74) is 0.994. The number of hydrogen-bond acceptors (Lipinski definition) is 4. The summed E-state index contributed by atoms with van der Waals surface area (Å²) in [6, 6.07) is 10.0. The van der Waals surface area contributed by atoms with Gasteiger partial charge in [0.15, 0.2) is 5.82 Å². The van der Waals surface area contributed by atoms with Gasteiger partial charge in [0.1, 0.15) is 5.82 Å². The first-order valence-corrected chi connectivity index (χ1v) is 9.09. The largest absolute Gasteiger partial charge is 0.351 e. The van der Waals surface area contributed by atoms with Gasteiger partial charge in [-0.1, -0.05) is 44.2 Å².